The standard InChI is InChI=1S/C12H19NO2S/c1-5-10(12(14)15-4)13-9(3)11-7-6-8(2)16-11/h6-7,9-10,13H,5H2,1-4H3. The van der Waals surface area contributed by atoms with Crippen molar-refractivity contribution in [1.29, 1.82) is 0 Å². The molecular formula is C12H19NO2S. The first-order valence-electron chi connectivity index (χ1n) is 5.48. The van der Waals surface area contributed by atoms with Crippen LogP contribution in [0.4, 0.5) is 0 Å². The lowest BCUT2D eigenvalue weighted by molar-refractivity contribution is -0.143. The number of hydrogen-bond acceptors (Lipinski definition) is 4. The first-order chi connectivity index (χ1) is 7.58. The highest BCUT2D eigenvalue weighted by atomic mass is 32.1. The molecule has 0 amide bonds. The normalized spacial score (nSPS) is 14.5. The highest BCUT2D eigenvalue weighted by molar-refractivity contribution is 7.12. The molecule has 1 aromatic heterocycles. The van der Waals surface area contributed by atoms with Crippen molar-refractivity contribution in [2.24, 2.45) is 0 Å². The highest BCUT2D eigenvalue weighted by Gasteiger charge is 2.20. The molecule has 0 saturated carbocycles. The van der Waals surface area contributed by atoms with Gasteiger partial charge in [-0.2, -0.15) is 0 Å². The predicted molar refractivity (Wildman–Crippen MR) is 66.7 cm³/mol. The van der Waals surface area contributed by atoms with Gasteiger partial charge in [0.15, 0.2) is 0 Å². The van der Waals surface area contributed by atoms with Crippen molar-refractivity contribution in [3.8, 4) is 0 Å². The molecular weight excluding hydrogens is 222 g/mol. The van der Waals surface area contributed by atoms with Gasteiger partial charge in [-0.15, -0.1) is 11.3 Å². The van der Waals surface area contributed by atoms with Crippen LogP contribution in [0, 0.1) is 6.92 Å². The molecule has 2 atom stereocenters. The Balaban J connectivity index is 2.62. The van der Waals surface area contributed by atoms with Crippen LogP contribution in [0.2, 0.25) is 0 Å². The Labute approximate surface area is 101 Å². The number of esters is 1. The molecule has 0 spiro atoms. The zero-order valence-electron chi connectivity index (χ0n) is 10.2. The highest BCUT2D eigenvalue weighted by Crippen LogP contribution is 2.22. The van der Waals surface area contributed by atoms with Crippen molar-refractivity contribution in [2.45, 2.75) is 39.3 Å². The monoisotopic (exact) mass is 241 g/mol. The summed E-state index contributed by atoms with van der Waals surface area (Å²) in [6.07, 6.45) is 0.737. The molecule has 4 heteroatoms. The Morgan fingerprint density at radius 2 is 2.25 bits per heavy atom. The maximum atomic E-state index is 11.4. The predicted octanol–water partition coefficient (Wildman–Crippen LogP) is 2.66. The Kier molecular flexibility index (Phi) is 4.96. The van der Waals surface area contributed by atoms with E-state index in [1.807, 2.05) is 6.92 Å². The lowest BCUT2D eigenvalue weighted by Crippen LogP contribution is -2.38. The van der Waals surface area contributed by atoms with E-state index in [1.54, 1.807) is 11.3 Å². The average Bonchev–Trinajstić information content (AvgIpc) is 2.71. The molecule has 0 fully saturated rings. The summed E-state index contributed by atoms with van der Waals surface area (Å²) in [6, 6.07) is 4.16. The molecule has 0 saturated heterocycles. The summed E-state index contributed by atoms with van der Waals surface area (Å²) in [5, 5.41) is 3.28. The molecule has 0 aliphatic rings. The zero-order valence-corrected chi connectivity index (χ0v) is 11.1. The number of carbonyl (C=O) groups excluding carboxylic acids is 1. The smallest absolute Gasteiger partial charge is 0.322 e. The zero-order chi connectivity index (χ0) is 12.1. The van der Waals surface area contributed by atoms with E-state index in [2.05, 4.69) is 31.3 Å². The molecule has 2 unspecified atom stereocenters. The summed E-state index contributed by atoms with van der Waals surface area (Å²) in [5.74, 6) is -0.192. The third kappa shape index (κ3) is 3.32. The SMILES string of the molecule is CCC(NC(C)c1ccc(C)s1)C(=O)OC. The molecule has 0 bridgehead atoms. The summed E-state index contributed by atoms with van der Waals surface area (Å²) in [5.41, 5.74) is 0. The number of rotatable bonds is 5. The molecule has 1 heterocycles. The fourth-order valence-electron chi connectivity index (χ4n) is 1.56. The topological polar surface area (TPSA) is 38.3 Å². The second-order valence-electron chi connectivity index (χ2n) is 3.82. The van der Waals surface area contributed by atoms with Gasteiger partial charge in [-0.1, -0.05) is 6.92 Å². The molecule has 90 valence electrons. The van der Waals surface area contributed by atoms with Crippen LogP contribution in [0.25, 0.3) is 0 Å². The van der Waals surface area contributed by atoms with Gasteiger partial charge in [-0.05, 0) is 32.4 Å². The van der Waals surface area contributed by atoms with E-state index in [1.165, 1.54) is 16.9 Å². The summed E-state index contributed by atoms with van der Waals surface area (Å²) >= 11 is 1.75. The van der Waals surface area contributed by atoms with Gasteiger partial charge < -0.3 is 4.74 Å². The minimum absolute atomic E-state index is 0.183. The molecule has 1 rings (SSSR count). The molecule has 1 N–H and O–H groups in total. The molecule has 1 aromatic rings. The van der Waals surface area contributed by atoms with E-state index in [-0.39, 0.29) is 18.1 Å². The fraction of sp³-hybridized carbons (Fsp3) is 0.583. The third-order valence-electron chi connectivity index (χ3n) is 2.53. The summed E-state index contributed by atoms with van der Waals surface area (Å²) < 4.78 is 4.75. The summed E-state index contributed by atoms with van der Waals surface area (Å²) in [6.45, 7) is 6.12. The largest absolute Gasteiger partial charge is 0.468 e. The van der Waals surface area contributed by atoms with Crippen LogP contribution in [-0.4, -0.2) is 19.1 Å². The maximum Gasteiger partial charge on any atom is 0.322 e. The summed E-state index contributed by atoms with van der Waals surface area (Å²) in [7, 11) is 1.42. The molecule has 0 aliphatic carbocycles. The van der Waals surface area contributed by atoms with Crippen LogP contribution in [0.3, 0.4) is 0 Å². The van der Waals surface area contributed by atoms with Gasteiger partial charge in [0.05, 0.1) is 7.11 Å². The molecule has 0 radical (unpaired) electrons. The number of hydrogen-bond donors (Lipinski definition) is 1. The number of ether oxygens (including phenoxy) is 1. The fourth-order valence-corrected chi connectivity index (χ4v) is 2.45. The summed E-state index contributed by atoms with van der Waals surface area (Å²) in [4.78, 5) is 14.0. The Bertz CT molecular complexity index is 349. The number of methoxy groups -OCH3 is 1. The van der Waals surface area contributed by atoms with Crippen molar-refractivity contribution >= 4 is 17.3 Å². The van der Waals surface area contributed by atoms with Gasteiger partial charge in [-0.3, -0.25) is 10.1 Å². The van der Waals surface area contributed by atoms with Crippen LogP contribution < -0.4 is 5.32 Å². The first kappa shape index (κ1) is 13.2. The second-order valence-corrected chi connectivity index (χ2v) is 5.14. The number of nitrogens with one attached hydrogen (secondary N) is 1. The quantitative estimate of drug-likeness (QED) is 0.805. The van der Waals surface area contributed by atoms with Crippen molar-refractivity contribution in [3.63, 3.8) is 0 Å². The van der Waals surface area contributed by atoms with Crippen molar-refractivity contribution in [3.05, 3.63) is 21.9 Å². The molecule has 16 heavy (non-hydrogen) atoms. The van der Waals surface area contributed by atoms with E-state index in [9.17, 15) is 4.79 Å². The average molecular weight is 241 g/mol. The lowest BCUT2D eigenvalue weighted by atomic mass is 10.2. The first-order valence-corrected chi connectivity index (χ1v) is 6.30. The number of carbonyl (C=O) groups is 1. The lowest BCUT2D eigenvalue weighted by Gasteiger charge is -2.19. The van der Waals surface area contributed by atoms with Crippen LogP contribution in [0.1, 0.15) is 36.1 Å². The number of thiophene rings is 1. The van der Waals surface area contributed by atoms with Crippen LogP contribution >= 0.6 is 11.3 Å². The minimum atomic E-state index is -0.220. The van der Waals surface area contributed by atoms with Gasteiger partial charge in [0.2, 0.25) is 0 Å². The maximum absolute atomic E-state index is 11.4. The Hall–Kier alpha value is -0.870. The van der Waals surface area contributed by atoms with Gasteiger partial charge in [-0.25, -0.2) is 0 Å². The van der Waals surface area contributed by atoms with E-state index in [0.29, 0.717) is 0 Å². The van der Waals surface area contributed by atoms with Gasteiger partial charge in [0, 0.05) is 15.8 Å². The van der Waals surface area contributed by atoms with Crippen LogP contribution in [0.15, 0.2) is 12.1 Å². The molecule has 0 aromatic carbocycles. The van der Waals surface area contributed by atoms with Crippen molar-refractivity contribution < 1.29 is 9.53 Å². The van der Waals surface area contributed by atoms with Crippen molar-refractivity contribution in [2.75, 3.05) is 7.11 Å². The second kappa shape index (κ2) is 6.01. The number of aryl methyl sites for hydroxylation is 1. The Morgan fingerprint density at radius 3 is 2.69 bits per heavy atom. The van der Waals surface area contributed by atoms with Gasteiger partial charge in [0.25, 0.3) is 0 Å². The van der Waals surface area contributed by atoms with E-state index < -0.39 is 0 Å². The third-order valence-corrected chi connectivity index (χ3v) is 3.72. The molecule has 3 nitrogen and oxygen atoms in total. The van der Waals surface area contributed by atoms with E-state index in [0.717, 1.165) is 6.42 Å². The van der Waals surface area contributed by atoms with Gasteiger partial charge in [0.1, 0.15) is 6.04 Å². The van der Waals surface area contributed by atoms with E-state index in [4.69, 9.17) is 4.74 Å². The van der Waals surface area contributed by atoms with Crippen molar-refractivity contribution in [1.82, 2.24) is 5.32 Å². The van der Waals surface area contributed by atoms with Crippen LogP contribution in [-0.2, 0) is 9.53 Å². The van der Waals surface area contributed by atoms with E-state index >= 15 is 0 Å². The molecule has 0 aliphatic heterocycles. The minimum Gasteiger partial charge on any atom is -0.468 e. The van der Waals surface area contributed by atoms with Crippen LogP contribution in [0.5, 0.6) is 0 Å². The van der Waals surface area contributed by atoms with Gasteiger partial charge >= 0.3 is 5.97 Å². The Morgan fingerprint density at radius 1 is 1.56 bits per heavy atom.